The second-order valence-corrected chi connectivity index (χ2v) is 5.10. The Morgan fingerprint density at radius 3 is 0.733 bits per heavy atom. The molecule has 0 saturated heterocycles. The van der Waals surface area contributed by atoms with E-state index in [1.807, 2.05) is 12.5 Å². The average Bonchev–Trinajstić information content (AvgIpc) is 1.85. The van der Waals surface area contributed by atoms with Crippen LogP contribution in [0.2, 0.25) is 0 Å². The average molecular weight is 240 g/mol. The molecule has 100 valence electrons. The van der Waals surface area contributed by atoms with Crippen molar-refractivity contribution in [2.45, 2.75) is 49.0 Å². The summed E-state index contributed by atoms with van der Waals surface area (Å²) in [5, 5.41) is 0. The van der Waals surface area contributed by atoms with Crippen LogP contribution in [-0.2, 0) is 4.74 Å². The molecule has 2 heteroatoms. The molecule has 1 nitrogen and oxygen atoms in total. The molecular weight excluding hydrogens is 204 g/mol. The highest BCUT2D eigenvalue weighted by atomic mass is 32.2. The SMILES string of the molecule is C.CC(C)C.CC(C)C.COC.CSC. The van der Waals surface area contributed by atoms with Crippen LogP contribution >= 0.6 is 11.8 Å². The van der Waals surface area contributed by atoms with Gasteiger partial charge in [-0.3, -0.25) is 0 Å². The van der Waals surface area contributed by atoms with Gasteiger partial charge in [-0.15, -0.1) is 0 Å². The van der Waals surface area contributed by atoms with Gasteiger partial charge in [0, 0.05) is 14.2 Å². The van der Waals surface area contributed by atoms with Gasteiger partial charge in [0.25, 0.3) is 0 Å². The number of methoxy groups -OCH3 is 1. The molecule has 0 unspecified atom stereocenters. The topological polar surface area (TPSA) is 9.23 Å². The molecular formula is C13H36OS. The summed E-state index contributed by atoms with van der Waals surface area (Å²) < 4.78 is 4.25. The van der Waals surface area contributed by atoms with Crippen molar-refractivity contribution in [2.24, 2.45) is 11.8 Å². The fourth-order valence-electron chi connectivity index (χ4n) is 0. The third-order valence-corrected chi connectivity index (χ3v) is 0. The molecule has 0 aromatic rings. The summed E-state index contributed by atoms with van der Waals surface area (Å²) >= 11 is 1.75. The molecule has 0 heterocycles. The molecule has 0 fully saturated rings. The number of thioether (sulfide) groups is 1. The highest BCUT2D eigenvalue weighted by Crippen LogP contribution is 1.81. The summed E-state index contributed by atoms with van der Waals surface area (Å²) in [7, 11) is 3.25. The van der Waals surface area contributed by atoms with Crippen molar-refractivity contribution in [3.8, 4) is 0 Å². The van der Waals surface area contributed by atoms with Gasteiger partial charge in [-0.05, 0) is 24.3 Å². The van der Waals surface area contributed by atoms with Gasteiger partial charge in [0.2, 0.25) is 0 Å². The maximum atomic E-state index is 4.25. The van der Waals surface area contributed by atoms with E-state index in [-0.39, 0.29) is 7.43 Å². The van der Waals surface area contributed by atoms with E-state index in [9.17, 15) is 0 Å². The lowest BCUT2D eigenvalue weighted by molar-refractivity contribution is 0.277. The van der Waals surface area contributed by atoms with Crippen LogP contribution in [-0.4, -0.2) is 26.7 Å². The first-order chi connectivity index (χ1) is 6.29. The van der Waals surface area contributed by atoms with Crippen molar-refractivity contribution < 1.29 is 4.74 Å². The van der Waals surface area contributed by atoms with Crippen LogP contribution in [0.5, 0.6) is 0 Å². The Morgan fingerprint density at radius 1 is 0.733 bits per heavy atom. The molecule has 0 radical (unpaired) electrons. The van der Waals surface area contributed by atoms with Crippen molar-refractivity contribution in [2.75, 3.05) is 26.7 Å². The lowest BCUT2D eigenvalue weighted by Crippen LogP contribution is -1.66. The summed E-state index contributed by atoms with van der Waals surface area (Å²) in [5.74, 6) is 1.67. The minimum absolute atomic E-state index is 0. The summed E-state index contributed by atoms with van der Waals surface area (Å²) in [6.45, 7) is 13.0. The van der Waals surface area contributed by atoms with Crippen LogP contribution in [0.4, 0.5) is 0 Å². The molecule has 15 heavy (non-hydrogen) atoms. The van der Waals surface area contributed by atoms with Crippen LogP contribution in [0, 0.1) is 11.8 Å². The Morgan fingerprint density at radius 2 is 0.733 bits per heavy atom. The van der Waals surface area contributed by atoms with Gasteiger partial charge in [0.05, 0.1) is 0 Å². The first-order valence-corrected chi connectivity index (χ1v) is 6.73. The standard InChI is InChI=1S/2C4H10.C2H6O.C2H6S.CH4/c2*1-4(2)3;2*1-3-2;/h2*4H,1-3H3;2*1-2H3;1H4. The minimum atomic E-state index is 0. The fraction of sp³-hybridized carbons (Fsp3) is 1.00. The molecule has 0 aliphatic rings. The van der Waals surface area contributed by atoms with Crippen LogP contribution in [0.15, 0.2) is 0 Å². The predicted octanol–water partition coefficient (Wildman–Crippen LogP) is 5.20. The highest BCUT2D eigenvalue weighted by Gasteiger charge is 1.68. The summed E-state index contributed by atoms with van der Waals surface area (Å²) in [6.07, 6.45) is 4.08. The first-order valence-electron chi connectivity index (χ1n) is 5.10. The minimum Gasteiger partial charge on any atom is -0.388 e. The van der Waals surface area contributed by atoms with Crippen LogP contribution < -0.4 is 0 Å². The molecule has 0 bridgehead atoms. The zero-order valence-electron chi connectivity index (χ0n) is 12.0. The van der Waals surface area contributed by atoms with Gasteiger partial charge in [-0.2, -0.15) is 11.8 Å². The van der Waals surface area contributed by atoms with E-state index in [2.05, 4.69) is 46.3 Å². The van der Waals surface area contributed by atoms with E-state index in [0.29, 0.717) is 0 Å². The molecule has 0 saturated carbocycles. The van der Waals surface area contributed by atoms with E-state index < -0.39 is 0 Å². The molecule has 0 rings (SSSR count). The summed E-state index contributed by atoms with van der Waals surface area (Å²) in [4.78, 5) is 0. The highest BCUT2D eigenvalue weighted by molar-refractivity contribution is 7.97. The fourth-order valence-corrected chi connectivity index (χ4v) is 0. The second-order valence-electron chi connectivity index (χ2n) is 4.28. The van der Waals surface area contributed by atoms with Crippen molar-refractivity contribution in [3.05, 3.63) is 0 Å². The van der Waals surface area contributed by atoms with Gasteiger partial charge in [-0.25, -0.2) is 0 Å². The number of ether oxygens (including phenoxy) is 1. The molecule has 0 aliphatic carbocycles. The summed E-state index contributed by atoms with van der Waals surface area (Å²) in [5.41, 5.74) is 0. The second kappa shape index (κ2) is 36.7. The quantitative estimate of drug-likeness (QED) is 0.575. The Kier molecular flexibility index (Phi) is 72.2. The zero-order chi connectivity index (χ0) is 12.6. The third-order valence-electron chi connectivity index (χ3n) is 0. The molecule has 0 aromatic carbocycles. The predicted molar refractivity (Wildman–Crippen MR) is 80.1 cm³/mol. The van der Waals surface area contributed by atoms with Crippen molar-refractivity contribution in [3.63, 3.8) is 0 Å². The largest absolute Gasteiger partial charge is 0.388 e. The van der Waals surface area contributed by atoms with E-state index in [0.717, 1.165) is 11.8 Å². The maximum absolute atomic E-state index is 4.25. The summed E-state index contributed by atoms with van der Waals surface area (Å²) in [6, 6.07) is 0. The van der Waals surface area contributed by atoms with E-state index in [1.165, 1.54) is 0 Å². The smallest absolute Gasteiger partial charge is 0.0351 e. The number of rotatable bonds is 0. The van der Waals surface area contributed by atoms with E-state index >= 15 is 0 Å². The van der Waals surface area contributed by atoms with Gasteiger partial charge < -0.3 is 4.74 Å². The monoisotopic (exact) mass is 240 g/mol. The Balaban J connectivity index is -0.0000000293. The molecule has 0 aromatic heterocycles. The number of hydrogen-bond acceptors (Lipinski definition) is 2. The van der Waals surface area contributed by atoms with Crippen molar-refractivity contribution in [1.29, 1.82) is 0 Å². The van der Waals surface area contributed by atoms with Crippen LogP contribution in [0.1, 0.15) is 49.0 Å². The molecule has 0 amide bonds. The normalized spacial score (nSPS) is 7.20. The Labute approximate surface area is 104 Å². The van der Waals surface area contributed by atoms with Gasteiger partial charge in [0.15, 0.2) is 0 Å². The van der Waals surface area contributed by atoms with Gasteiger partial charge >= 0.3 is 0 Å². The maximum Gasteiger partial charge on any atom is 0.0351 e. The lowest BCUT2D eigenvalue weighted by atomic mass is 10.3. The van der Waals surface area contributed by atoms with E-state index in [4.69, 9.17) is 0 Å². The van der Waals surface area contributed by atoms with Gasteiger partial charge in [0.1, 0.15) is 0 Å². The zero-order valence-corrected chi connectivity index (χ0v) is 12.8. The molecule has 0 aliphatic heterocycles. The van der Waals surface area contributed by atoms with Crippen molar-refractivity contribution in [1.82, 2.24) is 0 Å². The Hall–Kier alpha value is 0.310. The Bertz CT molecular complexity index is 41.0. The molecule has 0 N–H and O–H groups in total. The lowest BCUT2D eigenvalue weighted by Gasteiger charge is -1.79. The van der Waals surface area contributed by atoms with Crippen LogP contribution in [0.3, 0.4) is 0 Å². The van der Waals surface area contributed by atoms with Gasteiger partial charge in [-0.1, -0.05) is 49.0 Å². The first kappa shape index (κ1) is 29.5. The third kappa shape index (κ3) is 22600. The van der Waals surface area contributed by atoms with Crippen molar-refractivity contribution >= 4 is 11.8 Å². The van der Waals surface area contributed by atoms with E-state index in [1.54, 1.807) is 26.0 Å². The number of hydrogen-bond donors (Lipinski definition) is 0. The molecule has 0 atom stereocenters. The van der Waals surface area contributed by atoms with Crippen LogP contribution in [0.25, 0.3) is 0 Å². The molecule has 0 spiro atoms.